The number of halogens is 1. The smallest absolute Gasteiger partial charge is 0.264 e. The topological polar surface area (TPSA) is 105 Å². The molecule has 1 fully saturated rings. The Bertz CT molecular complexity index is 1860. The van der Waals surface area contributed by atoms with Gasteiger partial charge in [-0.05, 0) is 73.4 Å². The second-order valence-electron chi connectivity index (χ2n) is 12.6. The zero-order chi connectivity index (χ0) is 35.7. The number of carbonyl (C=O) groups excluding carboxylic acids is 2. The van der Waals surface area contributed by atoms with Crippen molar-refractivity contribution in [2.24, 2.45) is 0 Å². The van der Waals surface area contributed by atoms with Gasteiger partial charge in [0.1, 0.15) is 24.1 Å². The third-order valence-corrected chi connectivity index (χ3v) is 11.1. The molecule has 5 rings (SSSR count). The molecular weight excluding hydrogens is 674 g/mol. The number of hydrogen-bond acceptors (Lipinski definition) is 6. The molecule has 4 aromatic rings. The zero-order valence-corrected chi connectivity index (χ0v) is 30.3. The van der Waals surface area contributed by atoms with Crippen molar-refractivity contribution in [2.75, 3.05) is 25.1 Å². The van der Waals surface area contributed by atoms with Crippen LogP contribution >= 0.6 is 11.6 Å². The molecule has 0 radical (unpaired) electrons. The molecular formula is C39H44ClN3O6S. The number of benzene rings is 4. The van der Waals surface area contributed by atoms with Gasteiger partial charge in [0.15, 0.2) is 0 Å². The molecule has 0 aliphatic heterocycles. The summed E-state index contributed by atoms with van der Waals surface area (Å²) >= 11 is 6.49. The quantitative estimate of drug-likeness (QED) is 0.151. The Hall–Kier alpha value is -4.54. The van der Waals surface area contributed by atoms with Crippen LogP contribution in [0.25, 0.3) is 0 Å². The van der Waals surface area contributed by atoms with Crippen LogP contribution in [-0.4, -0.2) is 58.0 Å². The van der Waals surface area contributed by atoms with E-state index < -0.39 is 28.5 Å². The fraction of sp³-hybridized carbons (Fsp3) is 0.333. The van der Waals surface area contributed by atoms with Crippen LogP contribution in [0.15, 0.2) is 102 Å². The van der Waals surface area contributed by atoms with Gasteiger partial charge in [-0.1, -0.05) is 91.0 Å². The van der Waals surface area contributed by atoms with Gasteiger partial charge in [-0.3, -0.25) is 13.9 Å². The van der Waals surface area contributed by atoms with Gasteiger partial charge in [0.25, 0.3) is 10.0 Å². The predicted octanol–water partition coefficient (Wildman–Crippen LogP) is 6.95. The number of amides is 2. The fourth-order valence-corrected chi connectivity index (χ4v) is 7.90. The van der Waals surface area contributed by atoms with Crippen molar-refractivity contribution in [1.29, 1.82) is 0 Å². The highest BCUT2D eigenvalue weighted by Crippen LogP contribution is 2.32. The number of carbonyl (C=O) groups is 2. The minimum Gasteiger partial charge on any atom is -0.497 e. The number of nitrogens with zero attached hydrogens (tertiary/aromatic N) is 2. The van der Waals surface area contributed by atoms with Gasteiger partial charge in [0.05, 0.1) is 29.8 Å². The van der Waals surface area contributed by atoms with E-state index in [0.29, 0.717) is 11.5 Å². The minimum atomic E-state index is -4.28. The van der Waals surface area contributed by atoms with Gasteiger partial charge in [-0.15, -0.1) is 0 Å². The SMILES string of the molecule is COc1cccc(CN(C(=O)CN(c2ccc(OC)c(Cl)c2)S(=O)(=O)c2ccc(C)cc2)[C@H](Cc2ccccc2)C(=O)NC2CCCCC2)c1. The summed E-state index contributed by atoms with van der Waals surface area (Å²) in [5, 5.41) is 3.41. The Morgan fingerprint density at radius 2 is 1.56 bits per heavy atom. The van der Waals surface area contributed by atoms with Crippen molar-refractivity contribution in [3.05, 3.63) is 119 Å². The molecule has 1 N–H and O–H groups in total. The molecule has 1 atom stereocenters. The fourth-order valence-electron chi connectivity index (χ4n) is 6.24. The Morgan fingerprint density at radius 3 is 2.22 bits per heavy atom. The van der Waals surface area contributed by atoms with Crippen molar-refractivity contribution < 1.29 is 27.5 Å². The van der Waals surface area contributed by atoms with Crippen LogP contribution in [0, 0.1) is 6.92 Å². The minimum absolute atomic E-state index is 0.00292. The molecule has 0 unspecified atom stereocenters. The second-order valence-corrected chi connectivity index (χ2v) is 14.8. The summed E-state index contributed by atoms with van der Waals surface area (Å²) in [7, 11) is -1.25. The standard InChI is InChI=1S/C39H44ClN3O6S/c1-28-17-20-34(21-18-28)50(46,47)43(32-19-22-37(49-3)35(40)25-32)27-38(44)42(26-30-13-10-16-33(23-30)48-2)36(24-29-11-6-4-7-12-29)39(45)41-31-14-8-5-9-15-31/h4,6-7,10-13,16-23,25,31,36H,5,8-9,14-15,24,26-27H2,1-3H3,(H,41,45)/t36-/m1/s1. The second kappa shape index (κ2) is 16.9. The van der Waals surface area contributed by atoms with E-state index in [-0.39, 0.29) is 40.5 Å². The monoisotopic (exact) mass is 717 g/mol. The lowest BCUT2D eigenvalue weighted by Gasteiger charge is -2.35. The number of nitrogens with one attached hydrogen (secondary N) is 1. The Balaban J connectivity index is 1.59. The highest BCUT2D eigenvalue weighted by molar-refractivity contribution is 7.92. The molecule has 11 heteroatoms. The molecule has 4 aromatic carbocycles. The van der Waals surface area contributed by atoms with Gasteiger partial charge < -0.3 is 19.7 Å². The number of methoxy groups -OCH3 is 2. The number of aryl methyl sites for hydroxylation is 1. The lowest BCUT2D eigenvalue weighted by molar-refractivity contribution is -0.140. The first-order chi connectivity index (χ1) is 24.1. The van der Waals surface area contributed by atoms with Crippen LogP contribution in [0.2, 0.25) is 5.02 Å². The molecule has 50 heavy (non-hydrogen) atoms. The normalized spacial score (nSPS) is 14.0. The van der Waals surface area contributed by atoms with E-state index >= 15 is 0 Å². The van der Waals surface area contributed by atoms with Crippen LogP contribution in [0.1, 0.15) is 48.8 Å². The zero-order valence-electron chi connectivity index (χ0n) is 28.7. The summed E-state index contributed by atoms with van der Waals surface area (Å²) in [5.74, 6) is 0.113. The molecule has 1 aliphatic carbocycles. The van der Waals surface area contributed by atoms with E-state index in [2.05, 4.69) is 5.32 Å². The third kappa shape index (κ3) is 9.17. The molecule has 0 saturated heterocycles. The van der Waals surface area contributed by atoms with Gasteiger partial charge in [0.2, 0.25) is 11.8 Å². The number of anilines is 1. The summed E-state index contributed by atoms with van der Waals surface area (Å²) < 4.78 is 40.5. The lowest BCUT2D eigenvalue weighted by atomic mass is 9.94. The van der Waals surface area contributed by atoms with Crippen LogP contribution in [0.4, 0.5) is 5.69 Å². The first-order valence-corrected chi connectivity index (χ1v) is 18.6. The van der Waals surface area contributed by atoms with Gasteiger partial charge in [-0.2, -0.15) is 0 Å². The van der Waals surface area contributed by atoms with E-state index in [9.17, 15) is 18.0 Å². The highest BCUT2D eigenvalue weighted by Gasteiger charge is 2.35. The molecule has 0 aromatic heterocycles. The maximum atomic E-state index is 14.8. The van der Waals surface area contributed by atoms with E-state index in [1.165, 1.54) is 30.2 Å². The summed E-state index contributed by atoms with van der Waals surface area (Å²) in [6.07, 6.45) is 5.14. The number of sulfonamides is 1. The predicted molar refractivity (Wildman–Crippen MR) is 196 cm³/mol. The number of hydrogen-bond donors (Lipinski definition) is 1. The molecule has 264 valence electrons. The van der Waals surface area contributed by atoms with Crippen molar-refractivity contribution >= 4 is 39.1 Å². The summed E-state index contributed by atoms with van der Waals surface area (Å²) in [6.45, 7) is 1.31. The molecule has 1 saturated carbocycles. The number of rotatable bonds is 14. The Labute approximate surface area is 300 Å². The highest BCUT2D eigenvalue weighted by atomic mass is 35.5. The molecule has 1 aliphatic rings. The van der Waals surface area contributed by atoms with E-state index in [0.717, 1.165) is 53.1 Å². The average molecular weight is 718 g/mol. The summed E-state index contributed by atoms with van der Waals surface area (Å²) in [5.41, 5.74) is 2.65. The first-order valence-electron chi connectivity index (χ1n) is 16.8. The lowest BCUT2D eigenvalue weighted by Crippen LogP contribution is -2.55. The average Bonchev–Trinajstić information content (AvgIpc) is 3.13. The third-order valence-electron chi connectivity index (χ3n) is 9.02. The maximum Gasteiger partial charge on any atom is 0.264 e. The van der Waals surface area contributed by atoms with Gasteiger partial charge >= 0.3 is 0 Å². The van der Waals surface area contributed by atoms with E-state index in [4.69, 9.17) is 21.1 Å². The van der Waals surface area contributed by atoms with Gasteiger partial charge in [0, 0.05) is 19.0 Å². The van der Waals surface area contributed by atoms with Crippen LogP contribution in [-0.2, 0) is 32.6 Å². The van der Waals surface area contributed by atoms with Crippen LogP contribution in [0.3, 0.4) is 0 Å². The molecule has 0 bridgehead atoms. The van der Waals surface area contributed by atoms with Gasteiger partial charge in [-0.25, -0.2) is 8.42 Å². The van der Waals surface area contributed by atoms with Crippen LogP contribution in [0.5, 0.6) is 11.5 Å². The Morgan fingerprint density at radius 1 is 0.860 bits per heavy atom. The number of ether oxygens (including phenoxy) is 2. The van der Waals surface area contributed by atoms with Crippen LogP contribution < -0.4 is 19.1 Å². The van der Waals surface area contributed by atoms with Crippen molar-refractivity contribution in [2.45, 2.75) is 69.0 Å². The van der Waals surface area contributed by atoms with E-state index in [1.54, 1.807) is 37.4 Å². The molecule has 2 amide bonds. The van der Waals surface area contributed by atoms with Crippen molar-refractivity contribution in [3.63, 3.8) is 0 Å². The van der Waals surface area contributed by atoms with Crippen molar-refractivity contribution in [1.82, 2.24) is 10.2 Å². The van der Waals surface area contributed by atoms with Crippen molar-refractivity contribution in [3.8, 4) is 11.5 Å². The summed E-state index contributed by atoms with van der Waals surface area (Å²) in [4.78, 5) is 30.6. The molecule has 0 heterocycles. The maximum absolute atomic E-state index is 14.8. The largest absolute Gasteiger partial charge is 0.497 e. The molecule has 0 spiro atoms. The van der Waals surface area contributed by atoms with E-state index in [1.807, 2.05) is 55.5 Å². The summed E-state index contributed by atoms with van der Waals surface area (Å²) in [6, 6.07) is 26.9. The Kier molecular flexibility index (Phi) is 12.4. The first kappa shape index (κ1) is 36.7. The molecule has 9 nitrogen and oxygen atoms in total.